The van der Waals surface area contributed by atoms with Gasteiger partial charge < -0.3 is 44.0 Å². The van der Waals surface area contributed by atoms with Crippen molar-refractivity contribution in [3.63, 3.8) is 0 Å². The van der Waals surface area contributed by atoms with Gasteiger partial charge in [0.1, 0.15) is 22.2 Å². The molecule has 4 aromatic rings. The summed E-state index contributed by atoms with van der Waals surface area (Å²) in [5.41, 5.74) is 31.3. The zero-order valence-corrected chi connectivity index (χ0v) is 87.3. The molecule has 8 fully saturated rings. The van der Waals surface area contributed by atoms with Crippen LogP contribution in [-0.4, -0.2) is 198 Å². The maximum atomic E-state index is 13.3. The summed E-state index contributed by atoms with van der Waals surface area (Å²) in [6.45, 7) is 6.43. The Morgan fingerprint density at radius 2 is 0.743 bits per heavy atom. The van der Waals surface area contributed by atoms with Crippen LogP contribution in [0.25, 0.3) is 11.1 Å². The summed E-state index contributed by atoms with van der Waals surface area (Å²) >= 11 is 0. The molecule has 0 spiro atoms. The van der Waals surface area contributed by atoms with Gasteiger partial charge in [-0.3, -0.25) is 53.5 Å². The van der Waals surface area contributed by atoms with Gasteiger partial charge in [-0.2, -0.15) is 0 Å². The molecule has 6 heterocycles. The Hall–Kier alpha value is -8.86. The predicted octanol–water partition coefficient (Wildman–Crippen LogP) is 18.9. The lowest BCUT2D eigenvalue weighted by atomic mass is 9.74. The Balaban J connectivity index is 0.000000147. The molecule has 5 aliphatic heterocycles. The lowest BCUT2D eigenvalue weighted by molar-refractivity contribution is -0.132. The van der Waals surface area contributed by atoms with Crippen LogP contribution in [0.15, 0.2) is 134 Å². The van der Waals surface area contributed by atoms with Crippen molar-refractivity contribution in [1.82, 2.24) is 39.5 Å². The standard InChI is InChI=1S/C25H38N4O.C23H42N4O.C23H41N3O2.C21H18N4O.C20H36N4O3S/c1-29-23(30)25(28-24(29)26,16-15-19-9-4-2-5-10-19)18-20-11-8-14-22(17-20)27-21-12-6-3-7-13-21;1-3-4-15-25-20-12-8-11-19(16-20)17-23(21(28)27(2)22(24)26-23)14-13-18-9-6-5-7-10-18;1-3-4-15-28-20-12-8-11-19(16-20)17-23(21(27)26(2)22(24)25-23)14-13-18-9-6-5-7-10-18;1-25-19(26)21(24-20(25)22,17-9-3-2-4-10-17)18-11-5-7-15(13-18)16-8-6-12-23-14-16;1-24-18(25)20(22-19(24)21,12-11-15-7-4-3-5-8-15)14-16-9-6-10-17(13-16)23-28(2,26)27/h3,6-7,12-13,19-20,22,27H,2,4-5,8-11,14-18H2,1H3,(H2,26,28);18-20,25H,3-17H2,1-2H3,(H2,24,26);18-20H,3-17H2,1-2H3,(H2,24,25);2-14H,1H3,(H2,22,24);15-17,23H,3-14H2,1-2H3,(H2,21,22)/t20-,22+,25+;19-,20+,23+;19-,20-,23+;;16-,17+,20+/m000.0/s1. The largest absolute Gasteiger partial charge is 0.382 e. The fourth-order valence-corrected chi connectivity index (χ4v) is 26.7. The third kappa shape index (κ3) is 28.8. The number of benzene rings is 3. The zero-order valence-electron chi connectivity index (χ0n) is 86.5. The third-order valence-electron chi connectivity index (χ3n) is 33.9. The molecule has 1 aromatic heterocycles. The number of hydrogen-bond donors (Lipinski definition) is 8. The third-order valence-corrected chi connectivity index (χ3v) is 34.7. The van der Waals surface area contributed by atoms with E-state index in [0.29, 0.717) is 72.1 Å². The molecule has 0 saturated heterocycles. The number of hydrogen-bond acceptors (Lipinski definition) is 21. The normalized spacial score (nSPS) is 29.4. The van der Waals surface area contributed by atoms with Gasteiger partial charge in [-0.25, -0.2) is 38.1 Å². The van der Waals surface area contributed by atoms with Crippen molar-refractivity contribution >= 4 is 75.0 Å². The summed E-state index contributed by atoms with van der Waals surface area (Å²) < 4.78 is 32.1. The average Bonchev–Trinajstić information content (AvgIpc) is 1.57. The fraction of sp³-hybridized carbons (Fsp3) is 0.705. The van der Waals surface area contributed by atoms with Crippen LogP contribution in [0.2, 0.25) is 0 Å². The smallest absolute Gasteiger partial charge is 0.266 e. The molecule has 27 nitrogen and oxygen atoms in total. The highest BCUT2D eigenvalue weighted by Crippen LogP contribution is 2.48. The number of nitrogens with one attached hydrogen (secondary N) is 3. The van der Waals surface area contributed by atoms with E-state index in [2.05, 4.69) is 69.5 Å². The van der Waals surface area contributed by atoms with Crippen LogP contribution in [0.3, 0.4) is 0 Å². The summed E-state index contributed by atoms with van der Waals surface area (Å²) in [6.07, 6.45) is 65.2. The average molecular weight is 1950 g/mol. The minimum absolute atomic E-state index is 0.0130. The van der Waals surface area contributed by atoms with E-state index >= 15 is 0 Å². The van der Waals surface area contributed by atoms with Crippen molar-refractivity contribution in [2.24, 2.45) is 101 Å². The quantitative estimate of drug-likeness (QED) is 0.0198. The number of sulfonamides is 1. The number of nitrogens with two attached hydrogens (primary N) is 5. The van der Waals surface area contributed by atoms with E-state index in [1.807, 2.05) is 66.7 Å². The summed E-state index contributed by atoms with van der Waals surface area (Å²) in [4.78, 5) is 102. The molecule has 0 radical (unpaired) electrons. The second-order valence-corrected chi connectivity index (χ2v) is 46.2. The molecule has 0 bridgehead atoms. The van der Waals surface area contributed by atoms with Gasteiger partial charge in [0, 0.05) is 78.1 Å². The number of anilines is 1. The lowest BCUT2D eigenvalue weighted by Crippen LogP contribution is -2.45. The van der Waals surface area contributed by atoms with Gasteiger partial charge in [-0.1, -0.05) is 279 Å². The monoisotopic (exact) mass is 1950 g/mol. The number of aliphatic imine (C=N–C) groups is 5. The van der Waals surface area contributed by atoms with Crippen molar-refractivity contribution in [2.45, 2.75) is 400 Å². The van der Waals surface area contributed by atoms with Crippen molar-refractivity contribution in [1.29, 1.82) is 0 Å². The number of aromatic nitrogens is 1. The second kappa shape index (κ2) is 51.6. The summed E-state index contributed by atoms with van der Waals surface area (Å²) in [5.74, 6) is 6.84. The van der Waals surface area contributed by atoms with Crippen LogP contribution >= 0.6 is 0 Å². The molecule has 13 N–H and O–H groups in total. The van der Waals surface area contributed by atoms with Gasteiger partial charge in [0.05, 0.1) is 12.4 Å². The van der Waals surface area contributed by atoms with Crippen molar-refractivity contribution in [2.75, 3.05) is 60.0 Å². The minimum atomic E-state index is -3.22. The topological polar surface area (TPSA) is 386 Å². The minimum Gasteiger partial charge on any atom is -0.382 e. The highest BCUT2D eigenvalue weighted by molar-refractivity contribution is 7.88. The molecule has 17 rings (SSSR count). The number of rotatable bonds is 35. The summed E-state index contributed by atoms with van der Waals surface area (Å²) in [5, 5.41) is 7.45. The van der Waals surface area contributed by atoms with Crippen LogP contribution < -0.4 is 44.0 Å². The molecule has 3 aromatic carbocycles. The van der Waals surface area contributed by atoms with Gasteiger partial charge in [-0.15, -0.1) is 0 Å². The van der Waals surface area contributed by atoms with Crippen LogP contribution in [0.4, 0.5) is 5.69 Å². The van der Waals surface area contributed by atoms with Crippen LogP contribution in [0, 0.1) is 47.3 Å². The summed E-state index contributed by atoms with van der Waals surface area (Å²) in [7, 11) is 5.49. The molecule has 13 atom stereocenters. The highest BCUT2D eigenvalue weighted by Gasteiger charge is 2.54. The predicted molar refractivity (Wildman–Crippen MR) is 566 cm³/mol. The van der Waals surface area contributed by atoms with Gasteiger partial charge in [0.25, 0.3) is 29.5 Å². The number of guanidine groups is 5. The number of para-hydroxylation sites is 1. The lowest BCUT2D eigenvalue weighted by Gasteiger charge is -2.36. The highest BCUT2D eigenvalue weighted by atomic mass is 32.2. The molecule has 140 heavy (non-hydrogen) atoms. The van der Waals surface area contributed by atoms with E-state index in [1.54, 1.807) is 62.3 Å². The number of nitrogens with zero attached hydrogens (tertiary/aromatic N) is 11. The van der Waals surface area contributed by atoms with Crippen molar-refractivity contribution in [3.8, 4) is 11.1 Å². The first-order valence-corrected chi connectivity index (χ1v) is 56.7. The van der Waals surface area contributed by atoms with Crippen molar-refractivity contribution < 1.29 is 37.1 Å². The molecule has 28 heteroatoms. The van der Waals surface area contributed by atoms with Crippen molar-refractivity contribution in [3.05, 3.63) is 121 Å². The van der Waals surface area contributed by atoms with Gasteiger partial charge in [0.15, 0.2) is 35.3 Å². The van der Waals surface area contributed by atoms with E-state index in [-0.39, 0.29) is 47.5 Å². The molecular weight excluding hydrogens is 1770 g/mol. The molecule has 13 aliphatic rings. The van der Waals surface area contributed by atoms with Gasteiger partial charge >= 0.3 is 0 Å². The number of ether oxygens (including phenoxy) is 1. The molecule has 1 unspecified atom stereocenters. The van der Waals surface area contributed by atoms with E-state index < -0.39 is 37.7 Å². The van der Waals surface area contributed by atoms with E-state index in [0.717, 1.165) is 175 Å². The molecule has 772 valence electrons. The van der Waals surface area contributed by atoms with Crippen LogP contribution in [-0.2, 0) is 44.3 Å². The maximum absolute atomic E-state index is 13.3. The number of amides is 5. The Labute approximate surface area is 839 Å². The first-order chi connectivity index (χ1) is 67.4. The molecule has 8 saturated carbocycles. The van der Waals surface area contributed by atoms with Gasteiger partial charge in [0.2, 0.25) is 10.0 Å². The van der Waals surface area contributed by atoms with E-state index in [1.165, 1.54) is 227 Å². The number of carbonyl (C=O) groups is 5. The Bertz CT molecular complexity index is 4810. The Kier molecular flexibility index (Phi) is 39.9. The van der Waals surface area contributed by atoms with Gasteiger partial charge in [-0.05, 0) is 242 Å². The fourth-order valence-electron chi connectivity index (χ4n) is 25.9. The summed E-state index contributed by atoms with van der Waals surface area (Å²) in [6, 6.07) is 32.7. The van der Waals surface area contributed by atoms with E-state index in [9.17, 15) is 32.4 Å². The molecule has 5 amide bonds. The zero-order chi connectivity index (χ0) is 99.5. The molecular formula is C112H175N19O8S. The number of carbonyl (C=O) groups excluding carboxylic acids is 5. The number of likely N-dealkylation sites (N-methyl/N-ethyl adjacent to an activating group) is 5. The molecule has 8 aliphatic carbocycles. The van der Waals surface area contributed by atoms with Crippen LogP contribution in [0.1, 0.15) is 359 Å². The van der Waals surface area contributed by atoms with E-state index in [4.69, 9.17) is 53.4 Å². The number of pyridine rings is 1. The van der Waals surface area contributed by atoms with Crippen LogP contribution in [0.5, 0.6) is 0 Å². The maximum Gasteiger partial charge on any atom is 0.266 e. The SMILES string of the molecule is CCCCN[C@@H]1CCC[C@H](C[C@@]2(CCC3CCCCC3)N=C(N)N(C)C2=O)C1.CCCCO[C@H]1CCC[C@H](C[C@@]2(CCC3CCCCC3)N=C(N)N(C)C2=O)C1.CN1C(=O)C(c2ccccc2)(c2cccc(-c3cccnc3)c2)N=C1N.CN1C(=O)[C@@](CCC2CCCCC2)(C[C@H]2CCC[C@@H](NS(C)(=O)=O)C2)N=C1N.CN1C(=O)[C@@](CCC2CCCCC2)(C[C@H]2CCC[C@@H](Nc3ccccc3)C2)N=C1N. The first kappa shape index (κ1) is 108. The first-order valence-electron chi connectivity index (χ1n) is 54.8. The Morgan fingerprint density at radius 3 is 1.14 bits per heavy atom. The Morgan fingerprint density at radius 1 is 0.379 bits per heavy atom. The number of unbranched alkanes of at least 4 members (excludes halogenated alkanes) is 2. The second-order valence-electron chi connectivity index (χ2n) is 44.5.